The zero-order chi connectivity index (χ0) is 25.2. The van der Waals surface area contributed by atoms with Gasteiger partial charge in [0, 0.05) is 46.6 Å². The molecular weight excluding hydrogens is 438 g/mol. The summed E-state index contributed by atoms with van der Waals surface area (Å²) in [5, 5.41) is 0. The van der Waals surface area contributed by atoms with E-state index in [9.17, 15) is 19.2 Å². The zero-order valence-electron chi connectivity index (χ0n) is 20.2. The van der Waals surface area contributed by atoms with Gasteiger partial charge in [-0.25, -0.2) is 4.90 Å². The number of fused-ring (bicyclic) bond motifs is 1. The third-order valence-electron chi connectivity index (χ3n) is 6.02. The fraction of sp³-hybridized carbons (Fsp3) is 0.360. The van der Waals surface area contributed by atoms with E-state index in [4.69, 9.17) is 9.47 Å². The van der Waals surface area contributed by atoms with Crippen LogP contribution in [0.3, 0.4) is 0 Å². The molecule has 1 heterocycles. The van der Waals surface area contributed by atoms with Crippen LogP contribution in [0.1, 0.15) is 28.8 Å². The summed E-state index contributed by atoms with van der Waals surface area (Å²) >= 11 is 0. The Morgan fingerprint density at radius 2 is 1.47 bits per heavy atom. The Morgan fingerprint density at radius 3 is 2.00 bits per heavy atom. The van der Waals surface area contributed by atoms with Crippen molar-refractivity contribution in [2.45, 2.75) is 18.3 Å². The van der Waals surface area contributed by atoms with Gasteiger partial charge in [0.1, 0.15) is 11.5 Å². The Hall–Kier alpha value is -3.88. The molecule has 0 aliphatic carbocycles. The third-order valence-corrected chi connectivity index (χ3v) is 6.02. The molecule has 3 rings (SSSR count). The van der Waals surface area contributed by atoms with Crippen LogP contribution < -0.4 is 14.4 Å². The second kappa shape index (κ2) is 9.54. The molecule has 0 atom stereocenters. The standard InChI is InChI=1S/C25H29N3O6/c1-26(2)21(29)14-25(15-22(30)27(3)4)18-12-11-16(33-5)13-17(18)23(31)28(24(25)32)19-9-7-8-10-20(19)34-6/h7-13H,14-15H2,1-6H3. The summed E-state index contributed by atoms with van der Waals surface area (Å²) in [7, 11) is 9.22. The highest BCUT2D eigenvalue weighted by molar-refractivity contribution is 6.29. The lowest BCUT2D eigenvalue weighted by Gasteiger charge is -2.42. The van der Waals surface area contributed by atoms with E-state index >= 15 is 0 Å². The van der Waals surface area contributed by atoms with E-state index in [1.807, 2.05) is 0 Å². The summed E-state index contributed by atoms with van der Waals surface area (Å²) in [5.74, 6) is -1.23. The summed E-state index contributed by atoms with van der Waals surface area (Å²) < 4.78 is 10.7. The maximum atomic E-state index is 14.2. The van der Waals surface area contributed by atoms with E-state index in [2.05, 4.69) is 0 Å². The van der Waals surface area contributed by atoms with E-state index in [0.717, 1.165) is 4.90 Å². The van der Waals surface area contributed by atoms with Gasteiger partial charge in [-0.05, 0) is 29.8 Å². The van der Waals surface area contributed by atoms with Gasteiger partial charge in [0.15, 0.2) is 0 Å². The number of para-hydroxylation sites is 2. The molecule has 0 radical (unpaired) electrons. The van der Waals surface area contributed by atoms with E-state index in [1.165, 1.54) is 30.1 Å². The molecule has 0 fully saturated rings. The van der Waals surface area contributed by atoms with Gasteiger partial charge in [-0.1, -0.05) is 18.2 Å². The normalized spacial score (nSPS) is 14.4. The molecule has 0 spiro atoms. The van der Waals surface area contributed by atoms with Crippen LogP contribution in [0, 0.1) is 0 Å². The minimum atomic E-state index is -1.61. The fourth-order valence-corrected chi connectivity index (χ4v) is 4.06. The minimum absolute atomic E-state index is 0.183. The van der Waals surface area contributed by atoms with Crippen LogP contribution in [-0.2, 0) is 19.8 Å². The second-order valence-electron chi connectivity index (χ2n) is 8.54. The molecule has 4 amide bonds. The zero-order valence-corrected chi connectivity index (χ0v) is 20.2. The average Bonchev–Trinajstić information content (AvgIpc) is 2.82. The lowest BCUT2D eigenvalue weighted by atomic mass is 9.68. The Labute approximate surface area is 198 Å². The summed E-state index contributed by atoms with van der Waals surface area (Å²) in [5.41, 5.74) is -0.880. The number of anilines is 1. The number of hydrogen-bond acceptors (Lipinski definition) is 6. The van der Waals surface area contributed by atoms with Crippen molar-refractivity contribution in [3.8, 4) is 11.5 Å². The number of imide groups is 1. The Kier molecular flexibility index (Phi) is 6.95. The van der Waals surface area contributed by atoms with Crippen LogP contribution >= 0.6 is 0 Å². The van der Waals surface area contributed by atoms with Gasteiger partial charge in [0.05, 0.1) is 25.3 Å². The van der Waals surface area contributed by atoms with Gasteiger partial charge < -0.3 is 19.3 Å². The van der Waals surface area contributed by atoms with Crippen LogP contribution in [0.15, 0.2) is 42.5 Å². The Bertz CT molecular complexity index is 1120. The molecule has 9 nitrogen and oxygen atoms in total. The molecule has 0 bridgehead atoms. The van der Waals surface area contributed by atoms with Gasteiger partial charge >= 0.3 is 0 Å². The number of ether oxygens (including phenoxy) is 2. The van der Waals surface area contributed by atoms with Crippen molar-refractivity contribution in [3.05, 3.63) is 53.6 Å². The average molecular weight is 468 g/mol. The molecule has 34 heavy (non-hydrogen) atoms. The molecule has 2 aromatic rings. The van der Waals surface area contributed by atoms with Crippen molar-refractivity contribution in [2.24, 2.45) is 0 Å². The molecule has 0 N–H and O–H groups in total. The Balaban J connectivity index is 2.36. The number of benzene rings is 2. The van der Waals surface area contributed by atoms with Crippen LogP contribution in [0.5, 0.6) is 11.5 Å². The molecular formula is C25H29N3O6. The van der Waals surface area contributed by atoms with Crippen LogP contribution in [0.2, 0.25) is 0 Å². The van der Waals surface area contributed by atoms with Crippen LogP contribution in [-0.4, -0.2) is 75.8 Å². The van der Waals surface area contributed by atoms with Crippen molar-refractivity contribution >= 4 is 29.3 Å². The molecule has 1 aliphatic heterocycles. The van der Waals surface area contributed by atoms with E-state index < -0.39 is 17.2 Å². The number of nitrogens with zero attached hydrogens (tertiary/aromatic N) is 3. The monoisotopic (exact) mass is 467 g/mol. The van der Waals surface area contributed by atoms with Crippen molar-refractivity contribution in [3.63, 3.8) is 0 Å². The third kappa shape index (κ3) is 4.21. The lowest BCUT2D eigenvalue weighted by Crippen LogP contribution is -2.57. The van der Waals surface area contributed by atoms with Gasteiger partial charge in [-0.15, -0.1) is 0 Å². The Morgan fingerprint density at radius 1 is 0.882 bits per heavy atom. The fourth-order valence-electron chi connectivity index (χ4n) is 4.06. The van der Waals surface area contributed by atoms with Gasteiger partial charge in [-0.2, -0.15) is 0 Å². The first-order chi connectivity index (χ1) is 16.1. The first-order valence-electron chi connectivity index (χ1n) is 10.7. The number of rotatable bonds is 7. The first-order valence-corrected chi connectivity index (χ1v) is 10.7. The van der Waals surface area contributed by atoms with Crippen LogP contribution in [0.25, 0.3) is 0 Å². The van der Waals surface area contributed by atoms with Crippen molar-refractivity contribution in [1.29, 1.82) is 0 Å². The number of methoxy groups -OCH3 is 2. The molecule has 1 aliphatic rings. The SMILES string of the molecule is COc1ccc2c(c1)C(=O)N(c1ccccc1OC)C(=O)C2(CC(=O)N(C)C)CC(=O)N(C)C. The highest BCUT2D eigenvalue weighted by Gasteiger charge is 2.54. The highest BCUT2D eigenvalue weighted by Crippen LogP contribution is 2.45. The summed E-state index contributed by atoms with van der Waals surface area (Å²) in [4.78, 5) is 57.6. The molecule has 0 saturated heterocycles. The number of carbonyl (C=O) groups excluding carboxylic acids is 4. The van der Waals surface area contributed by atoms with Crippen LogP contribution in [0.4, 0.5) is 5.69 Å². The second-order valence-corrected chi connectivity index (χ2v) is 8.54. The minimum Gasteiger partial charge on any atom is -0.497 e. The van der Waals surface area contributed by atoms with Gasteiger partial charge in [0.25, 0.3) is 5.91 Å². The number of amides is 4. The topological polar surface area (TPSA) is 96.5 Å². The lowest BCUT2D eigenvalue weighted by molar-refractivity contribution is -0.139. The molecule has 2 aromatic carbocycles. The summed E-state index contributed by atoms with van der Waals surface area (Å²) in [6.07, 6.45) is -0.590. The van der Waals surface area contributed by atoms with Gasteiger partial charge in [-0.3, -0.25) is 19.2 Å². The number of carbonyl (C=O) groups is 4. The predicted octanol–water partition coefficient (Wildman–Crippen LogP) is 2.09. The predicted molar refractivity (Wildman–Crippen MR) is 126 cm³/mol. The molecule has 0 unspecified atom stereocenters. The van der Waals surface area contributed by atoms with E-state index in [-0.39, 0.29) is 35.9 Å². The smallest absolute Gasteiger partial charge is 0.265 e. The molecule has 0 aromatic heterocycles. The summed E-state index contributed by atoms with van der Waals surface area (Å²) in [6, 6.07) is 11.4. The molecule has 9 heteroatoms. The molecule has 0 saturated carbocycles. The quantitative estimate of drug-likeness (QED) is 0.579. The van der Waals surface area contributed by atoms with Gasteiger partial charge in [0.2, 0.25) is 17.7 Å². The van der Waals surface area contributed by atoms with Crippen molar-refractivity contribution < 1.29 is 28.7 Å². The van der Waals surface area contributed by atoms with E-state index in [1.54, 1.807) is 64.6 Å². The largest absolute Gasteiger partial charge is 0.497 e. The summed E-state index contributed by atoms with van der Waals surface area (Å²) in [6.45, 7) is 0. The number of hydrogen-bond donors (Lipinski definition) is 0. The maximum absolute atomic E-state index is 14.2. The molecule has 180 valence electrons. The van der Waals surface area contributed by atoms with Crippen molar-refractivity contribution in [2.75, 3.05) is 47.3 Å². The highest BCUT2D eigenvalue weighted by atomic mass is 16.5. The van der Waals surface area contributed by atoms with E-state index in [0.29, 0.717) is 17.1 Å². The first kappa shape index (κ1) is 24.8. The van der Waals surface area contributed by atoms with Crippen molar-refractivity contribution in [1.82, 2.24) is 9.80 Å². The maximum Gasteiger partial charge on any atom is 0.265 e.